The minimum atomic E-state index is -0.389. The summed E-state index contributed by atoms with van der Waals surface area (Å²) in [7, 11) is 0. The first-order valence-corrected chi connectivity index (χ1v) is 6.32. The van der Waals surface area contributed by atoms with Gasteiger partial charge in [-0.1, -0.05) is 44.8 Å². The van der Waals surface area contributed by atoms with Crippen molar-refractivity contribution >= 4 is 37.5 Å². The molecule has 0 spiro atoms. The van der Waals surface area contributed by atoms with E-state index in [1.807, 2.05) is 0 Å². The van der Waals surface area contributed by atoms with Crippen LogP contribution in [0.2, 0.25) is 0 Å². The molecule has 5 heteroatoms. The molecule has 0 aromatic heterocycles. The molecule has 1 rings (SSSR count). The van der Waals surface area contributed by atoms with Gasteiger partial charge in [0.15, 0.2) is 0 Å². The van der Waals surface area contributed by atoms with Crippen LogP contribution in [-0.4, -0.2) is 9.75 Å². The highest BCUT2D eigenvalue weighted by Crippen LogP contribution is 2.25. The van der Waals surface area contributed by atoms with Crippen molar-refractivity contribution in [2.45, 2.75) is 24.6 Å². The average molecular weight is 337 g/mol. The molecule has 0 bridgehead atoms. The van der Waals surface area contributed by atoms with E-state index in [4.69, 9.17) is 0 Å². The van der Waals surface area contributed by atoms with Gasteiger partial charge < -0.3 is 0 Å². The number of hydrogen-bond donors (Lipinski definition) is 0. The summed E-state index contributed by atoms with van der Waals surface area (Å²) in [5.41, 5.74) is 1.21. The van der Waals surface area contributed by atoms with E-state index in [1.165, 1.54) is 6.07 Å². The van der Waals surface area contributed by atoms with E-state index >= 15 is 0 Å². The van der Waals surface area contributed by atoms with E-state index in [2.05, 4.69) is 38.8 Å². The second-order valence-corrected chi connectivity index (χ2v) is 5.39. The predicted octanol–water partition coefficient (Wildman–Crippen LogP) is 4.07. The molecule has 3 nitrogen and oxygen atoms in total. The van der Waals surface area contributed by atoms with Gasteiger partial charge >= 0.3 is 0 Å². The second-order valence-electron chi connectivity index (χ2n) is 3.24. The fourth-order valence-electron chi connectivity index (χ4n) is 1.20. The average Bonchev–Trinajstić information content (AvgIpc) is 2.20. The van der Waals surface area contributed by atoms with Crippen LogP contribution in [0.4, 0.5) is 5.69 Å². The zero-order valence-corrected chi connectivity index (χ0v) is 11.4. The van der Waals surface area contributed by atoms with Gasteiger partial charge in [0.2, 0.25) is 0 Å². The van der Waals surface area contributed by atoms with E-state index in [9.17, 15) is 10.1 Å². The van der Waals surface area contributed by atoms with Crippen LogP contribution in [0.25, 0.3) is 0 Å². The molecule has 1 aromatic carbocycles. The fourth-order valence-corrected chi connectivity index (χ4v) is 2.08. The van der Waals surface area contributed by atoms with Crippen LogP contribution in [0.1, 0.15) is 18.9 Å². The zero-order valence-electron chi connectivity index (χ0n) is 8.24. The molecule has 1 atom stereocenters. The largest absolute Gasteiger partial charge is 0.270 e. The molecule has 0 heterocycles. The minimum Gasteiger partial charge on any atom is -0.258 e. The van der Waals surface area contributed by atoms with Crippen LogP contribution in [0.5, 0.6) is 0 Å². The summed E-state index contributed by atoms with van der Waals surface area (Å²) < 4.78 is 0.801. The summed E-state index contributed by atoms with van der Waals surface area (Å²) in [4.78, 5) is 10.5. The lowest BCUT2D eigenvalue weighted by molar-refractivity contribution is -0.384. The number of halogens is 2. The standard InChI is InChI=1S/C10H11Br2NO2/c1-2-8(11)5-7-3-4-9(13(14)15)6-10(7)12/h3-4,6,8H,2,5H2,1H3. The van der Waals surface area contributed by atoms with Gasteiger partial charge in [-0.05, 0) is 18.4 Å². The zero-order chi connectivity index (χ0) is 11.4. The second kappa shape index (κ2) is 5.61. The first-order valence-electron chi connectivity index (χ1n) is 4.61. The Morgan fingerprint density at radius 2 is 2.20 bits per heavy atom. The predicted molar refractivity (Wildman–Crippen MR) is 67.5 cm³/mol. The summed E-state index contributed by atoms with van der Waals surface area (Å²) in [6.45, 7) is 2.10. The molecule has 0 aliphatic carbocycles. The van der Waals surface area contributed by atoms with Crippen LogP contribution in [-0.2, 0) is 6.42 Å². The lowest BCUT2D eigenvalue weighted by atomic mass is 10.1. The lowest BCUT2D eigenvalue weighted by Gasteiger charge is -2.08. The quantitative estimate of drug-likeness (QED) is 0.472. The molecule has 0 radical (unpaired) electrons. The van der Waals surface area contributed by atoms with E-state index in [-0.39, 0.29) is 10.6 Å². The third-order valence-electron chi connectivity index (χ3n) is 2.13. The van der Waals surface area contributed by atoms with Crippen molar-refractivity contribution in [3.8, 4) is 0 Å². The Morgan fingerprint density at radius 3 is 2.67 bits per heavy atom. The Kier molecular flexibility index (Phi) is 4.73. The SMILES string of the molecule is CCC(Br)Cc1ccc([N+](=O)[O-])cc1Br. The maximum Gasteiger partial charge on any atom is 0.270 e. The first kappa shape index (κ1) is 12.6. The number of nitrogens with zero attached hydrogens (tertiary/aromatic N) is 1. The molecular weight excluding hydrogens is 326 g/mol. The smallest absolute Gasteiger partial charge is 0.258 e. The van der Waals surface area contributed by atoms with Gasteiger partial charge in [0.05, 0.1) is 4.92 Å². The Hall–Kier alpha value is -0.420. The summed E-state index contributed by atoms with van der Waals surface area (Å²) in [6.07, 6.45) is 1.90. The van der Waals surface area contributed by atoms with Gasteiger partial charge in [-0.15, -0.1) is 0 Å². The number of non-ortho nitro benzene ring substituents is 1. The first-order chi connectivity index (χ1) is 7.04. The summed E-state index contributed by atoms with van der Waals surface area (Å²) in [6, 6.07) is 4.88. The van der Waals surface area contributed by atoms with Crippen molar-refractivity contribution in [2.75, 3.05) is 0 Å². The molecule has 1 aromatic rings. The molecule has 0 N–H and O–H groups in total. The maximum absolute atomic E-state index is 10.5. The van der Waals surface area contributed by atoms with Crippen molar-refractivity contribution in [1.82, 2.24) is 0 Å². The number of benzene rings is 1. The van der Waals surface area contributed by atoms with Gasteiger partial charge in [-0.25, -0.2) is 0 Å². The molecule has 82 valence electrons. The van der Waals surface area contributed by atoms with Crippen molar-refractivity contribution in [2.24, 2.45) is 0 Å². The minimum absolute atomic E-state index is 0.119. The summed E-state index contributed by atoms with van der Waals surface area (Å²) in [5, 5.41) is 10.5. The Morgan fingerprint density at radius 1 is 1.53 bits per heavy atom. The van der Waals surface area contributed by atoms with Crippen molar-refractivity contribution in [3.05, 3.63) is 38.3 Å². The molecule has 0 saturated carbocycles. The van der Waals surface area contributed by atoms with E-state index in [0.717, 1.165) is 22.9 Å². The van der Waals surface area contributed by atoms with Gasteiger partial charge in [-0.3, -0.25) is 10.1 Å². The third kappa shape index (κ3) is 3.57. The van der Waals surface area contributed by atoms with Gasteiger partial charge in [0, 0.05) is 21.4 Å². The monoisotopic (exact) mass is 335 g/mol. The van der Waals surface area contributed by atoms with Crippen LogP contribution in [0, 0.1) is 10.1 Å². The van der Waals surface area contributed by atoms with Gasteiger partial charge in [0.25, 0.3) is 5.69 Å². The number of nitro benzene ring substituents is 1. The van der Waals surface area contributed by atoms with E-state index in [1.54, 1.807) is 12.1 Å². The molecule has 0 aliphatic heterocycles. The van der Waals surface area contributed by atoms with Crippen molar-refractivity contribution < 1.29 is 4.92 Å². The third-order valence-corrected chi connectivity index (χ3v) is 3.84. The van der Waals surface area contributed by atoms with Crippen molar-refractivity contribution in [1.29, 1.82) is 0 Å². The Balaban J connectivity index is 2.88. The van der Waals surface area contributed by atoms with E-state index < -0.39 is 0 Å². The van der Waals surface area contributed by atoms with Crippen molar-refractivity contribution in [3.63, 3.8) is 0 Å². The van der Waals surface area contributed by atoms with Crippen LogP contribution in [0.15, 0.2) is 22.7 Å². The maximum atomic E-state index is 10.5. The number of alkyl halides is 1. The number of hydrogen-bond acceptors (Lipinski definition) is 2. The molecule has 15 heavy (non-hydrogen) atoms. The van der Waals surface area contributed by atoms with Crippen LogP contribution in [0.3, 0.4) is 0 Å². The van der Waals surface area contributed by atoms with Gasteiger partial charge in [0.1, 0.15) is 0 Å². The van der Waals surface area contributed by atoms with E-state index in [0.29, 0.717) is 4.83 Å². The topological polar surface area (TPSA) is 43.1 Å². The normalized spacial score (nSPS) is 12.5. The highest BCUT2D eigenvalue weighted by Gasteiger charge is 2.11. The molecular formula is C10H11Br2NO2. The molecule has 0 fully saturated rings. The highest BCUT2D eigenvalue weighted by atomic mass is 79.9. The highest BCUT2D eigenvalue weighted by molar-refractivity contribution is 9.10. The fraction of sp³-hybridized carbons (Fsp3) is 0.400. The van der Waals surface area contributed by atoms with Crippen LogP contribution >= 0.6 is 31.9 Å². The van der Waals surface area contributed by atoms with Gasteiger partial charge in [-0.2, -0.15) is 0 Å². The summed E-state index contributed by atoms with van der Waals surface area (Å²) in [5.74, 6) is 0. The van der Waals surface area contributed by atoms with Crippen LogP contribution < -0.4 is 0 Å². The molecule has 0 amide bonds. The Bertz CT molecular complexity index is 368. The molecule has 1 unspecified atom stereocenters. The molecule has 0 aliphatic rings. The Labute approximate surface area is 105 Å². The molecule has 0 saturated heterocycles. The lowest BCUT2D eigenvalue weighted by Crippen LogP contribution is -2.01. The number of nitro groups is 1. The number of rotatable bonds is 4. The summed E-state index contributed by atoms with van der Waals surface area (Å²) >= 11 is 6.89.